The summed E-state index contributed by atoms with van der Waals surface area (Å²) in [6.45, 7) is 3.64. The molecule has 0 heterocycles. The van der Waals surface area contributed by atoms with Gasteiger partial charge in [-0.25, -0.2) is 4.57 Å². The summed E-state index contributed by atoms with van der Waals surface area (Å²) >= 11 is 0. The molecular weight excluding hydrogens is 221 g/mol. The van der Waals surface area contributed by atoms with Crippen molar-refractivity contribution in [1.29, 1.82) is 0 Å². The first kappa shape index (κ1) is 14.8. The molecule has 1 unspecified atom stereocenters. The molecule has 0 aromatic heterocycles. The Kier molecular flexibility index (Phi) is 5.66. The first-order valence-electron chi connectivity index (χ1n) is 4.40. The molecule has 2 N–H and O–H groups in total. The molecule has 0 amide bonds. The van der Waals surface area contributed by atoms with Gasteiger partial charge in [-0.1, -0.05) is 6.08 Å². The van der Waals surface area contributed by atoms with Crippen LogP contribution in [0.4, 0.5) is 0 Å². The fraction of sp³-hybridized carbons (Fsp3) is 0.750. The van der Waals surface area contributed by atoms with E-state index >= 15 is 0 Å². The molecule has 7 heteroatoms. The fourth-order valence-corrected chi connectivity index (χ4v) is 1.16. The highest BCUT2D eigenvalue weighted by molar-refractivity contribution is 7.46. The fourth-order valence-electron chi connectivity index (χ4n) is 0.835. The van der Waals surface area contributed by atoms with E-state index in [0.717, 1.165) is 0 Å². The van der Waals surface area contributed by atoms with Crippen LogP contribution in [0.15, 0.2) is 12.7 Å². The molecule has 0 aromatic rings. The molecule has 0 saturated heterocycles. The molecular formula is C8H19NO5P+. The monoisotopic (exact) mass is 240 g/mol. The first-order valence-corrected chi connectivity index (χ1v) is 5.93. The maximum Gasteiger partial charge on any atom is 0.469 e. The zero-order valence-corrected chi connectivity index (χ0v) is 10.2. The van der Waals surface area contributed by atoms with E-state index in [4.69, 9.17) is 14.5 Å². The molecule has 0 fully saturated rings. The number of rotatable bonds is 7. The van der Waals surface area contributed by atoms with Crippen LogP contribution in [0.3, 0.4) is 0 Å². The van der Waals surface area contributed by atoms with Crippen molar-refractivity contribution >= 4 is 7.82 Å². The summed E-state index contributed by atoms with van der Waals surface area (Å²) in [6, 6.07) is 0. The standard InChI is InChI=1S/C8H18NO5P/c1-5-6-13-8(9(2,3)4)7-14-15(10,11)12/h5,8H,1,6-7H2,2-4H3,(H-,10,11,12)/p+1. The van der Waals surface area contributed by atoms with Gasteiger partial charge in [0.05, 0.1) is 27.7 Å². The average Bonchev–Trinajstić information content (AvgIpc) is 1.99. The molecule has 0 spiro atoms. The Hall–Kier alpha value is -0.230. The SMILES string of the molecule is C=CCOC(COP(=O)(O)O)[N+](C)(C)C. The van der Waals surface area contributed by atoms with Gasteiger partial charge in [-0.3, -0.25) is 4.52 Å². The van der Waals surface area contributed by atoms with Crippen LogP contribution in [0.25, 0.3) is 0 Å². The highest BCUT2D eigenvalue weighted by atomic mass is 31.2. The Morgan fingerprint density at radius 2 is 2.00 bits per heavy atom. The maximum atomic E-state index is 10.5. The van der Waals surface area contributed by atoms with Crippen molar-refractivity contribution in [3.63, 3.8) is 0 Å². The van der Waals surface area contributed by atoms with E-state index in [1.165, 1.54) is 0 Å². The van der Waals surface area contributed by atoms with Gasteiger partial charge in [0, 0.05) is 0 Å². The predicted octanol–water partition coefficient (Wildman–Crippen LogP) is 0.331. The predicted molar refractivity (Wildman–Crippen MR) is 56.0 cm³/mol. The van der Waals surface area contributed by atoms with Gasteiger partial charge >= 0.3 is 7.82 Å². The van der Waals surface area contributed by atoms with Gasteiger partial charge < -0.3 is 19.0 Å². The summed E-state index contributed by atoms with van der Waals surface area (Å²) < 4.78 is 20.7. The van der Waals surface area contributed by atoms with Crippen molar-refractivity contribution in [2.75, 3.05) is 34.4 Å². The number of hydrogen-bond donors (Lipinski definition) is 2. The molecule has 0 radical (unpaired) electrons. The normalized spacial score (nSPS) is 15.0. The van der Waals surface area contributed by atoms with E-state index in [0.29, 0.717) is 11.1 Å². The van der Waals surface area contributed by atoms with Crippen molar-refractivity contribution in [2.24, 2.45) is 0 Å². The van der Waals surface area contributed by atoms with E-state index < -0.39 is 14.1 Å². The number of hydrogen-bond acceptors (Lipinski definition) is 3. The zero-order chi connectivity index (χ0) is 12.1. The van der Waals surface area contributed by atoms with Crippen LogP contribution in [-0.4, -0.2) is 54.9 Å². The lowest BCUT2D eigenvalue weighted by molar-refractivity contribution is -0.919. The molecule has 0 rings (SSSR count). The van der Waals surface area contributed by atoms with E-state index in [9.17, 15) is 4.57 Å². The van der Waals surface area contributed by atoms with E-state index in [1.807, 2.05) is 21.1 Å². The van der Waals surface area contributed by atoms with Crippen LogP contribution >= 0.6 is 7.82 Å². The summed E-state index contributed by atoms with van der Waals surface area (Å²) in [5, 5.41) is 0. The lowest BCUT2D eigenvalue weighted by Crippen LogP contribution is -2.49. The highest BCUT2D eigenvalue weighted by Gasteiger charge is 2.28. The molecule has 1 atom stereocenters. The Labute approximate surface area is 89.9 Å². The topological polar surface area (TPSA) is 76.0 Å². The number of nitrogens with zero attached hydrogens (tertiary/aromatic N) is 1. The van der Waals surface area contributed by atoms with Gasteiger partial charge in [-0.2, -0.15) is 0 Å². The largest absolute Gasteiger partial charge is 0.469 e. The second-order valence-electron chi connectivity index (χ2n) is 3.98. The third-order valence-electron chi connectivity index (χ3n) is 1.66. The zero-order valence-electron chi connectivity index (χ0n) is 9.29. The Balaban J connectivity index is 4.26. The number of phosphoric ester groups is 1. The van der Waals surface area contributed by atoms with E-state index in [1.54, 1.807) is 6.08 Å². The van der Waals surface area contributed by atoms with Gasteiger partial charge in [-0.05, 0) is 0 Å². The third-order valence-corrected chi connectivity index (χ3v) is 2.14. The third kappa shape index (κ3) is 7.67. The number of ether oxygens (including phenoxy) is 1. The average molecular weight is 240 g/mol. The van der Waals surface area contributed by atoms with E-state index in [-0.39, 0.29) is 6.61 Å². The Morgan fingerprint density at radius 3 is 2.33 bits per heavy atom. The maximum absolute atomic E-state index is 10.5. The molecule has 6 nitrogen and oxygen atoms in total. The van der Waals surface area contributed by atoms with Gasteiger partial charge in [0.25, 0.3) is 0 Å². The van der Waals surface area contributed by atoms with Crippen molar-refractivity contribution in [3.8, 4) is 0 Å². The van der Waals surface area contributed by atoms with Crippen molar-refractivity contribution in [2.45, 2.75) is 6.23 Å². The Bertz CT molecular complexity index is 244. The van der Waals surface area contributed by atoms with Gasteiger partial charge in [0.1, 0.15) is 6.61 Å². The summed E-state index contributed by atoms with van der Waals surface area (Å²) in [5.74, 6) is 0. The molecule has 0 aliphatic carbocycles. The van der Waals surface area contributed by atoms with Crippen LogP contribution in [-0.2, 0) is 13.8 Å². The first-order chi connectivity index (χ1) is 6.67. The van der Waals surface area contributed by atoms with Gasteiger partial charge in [-0.15, -0.1) is 6.58 Å². The molecule has 0 aliphatic heterocycles. The van der Waals surface area contributed by atoms with E-state index in [2.05, 4.69) is 11.1 Å². The number of likely N-dealkylation sites (N-methyl/N-ethyl adjacent to an activating group) is 1. The minimum absolute atomic E-state index is 0.165. The van der Waals surface area contributed by atoms with Crippen LogP contribution in [0.2, 0.25) is 0 Å². The second kappa shape index (κ2) is 5.75. The van der Waals surface area contributed by atoms with Crippen LogP contribution in [0.1, 0.15) is 0 Å². The summed E-state index contributed by atoms with van der Waals surface area (Å²) in [6.07, 6.45) is 1.12. The summed E-state index contributed by atoms with van der Waals surface area (Å²) in [4.78, 5) is 17.1. The molecule has 90 valence electrons. The quantitative estimate of drug-likeness (QED) is 0.290. The molecule has 0 saturated carbocycles. The molecule has 0 aliphatic rings. The van der Waals surface area contributed by atoms with Gasteiger partial charge in [0.2, 0.25) is 6.23 Å². The Morgan fingerprint density at radius 1 is 1.47 bits per heavy atom. The molecule has 15 heavy (non-hydrogen) atoms. The van der Waals surface area contributed by atoms with Crippen LogP contribution in [0.5, 0.6) is 0 Å². The highest BCUT2D eigenvalue weighted by Crippen LogP contribution is 2.36. The van der Waals surface area contributed by atoms with Gasteiger partial charge in [0.15, 0.2) is 0 Å². The second-order valence-corrected chi connectivity index (χ2v) is 5.22. The van der Waals surface area contributed by atoms with Crippen molar-refractivity contribution in [3.05, 3.63) is 12.7 Å². The molecule has 0 bridgehead atoms. The number of quaternary nitrogens is 1. The van der Waals surface area contributed by atoms with Crippen molar-refractivity contribution < 1.29 is 28.1 Å². The van der Waals surface area contributed by atoms with Crippen LogP contribution in [0, 0.1) is 0 Å². The van der Waals surface area contributed by atoms with Crippen molar-refractivity contribution in [1.82, 2.24) is 0 Å². The minimum atomic E-state index is -4.44. The van der Waals surface area contributed by atoms with Crippen LogP contribution < -0.4 is 0 Å². The number of phosphoric acid groups is 1. The summed E-state index contributed by atoms with van der Waals surface area (Å²) in [5.41, 5.74) is 0. The lowest BCUT2D eigenvalue weighted by Gasteiger charge is -2.33. The summed E-state index contributed by atoms with van der Waals surface area (Å²) in [7, 11) is 1.10. The minimum Gasteiger partial charge on any atom is -0.323 e. The molecule has 0 aromatic carbocycles. The lowest BCUT2D eigenvalue weighted by atomic mass is 10.4. The smallest absolute Gasteiger partial charge is 0.323 e.